The Morgan fingerprint density at radius 2 is 1.78 bits per heavy atom. The Balaban J connectivity index is 0.907. The Kier molecular flexibility index (Phi) is 15.2. The van der Waals surface area contributed by atoms with E-state index in [0.717, 1.165) is 69.6 Å². The number of pyridine rings is 1. The van der Waals surface area contributed by atoms with Crippen LogP contribution in [0.3, 0.4) is 0 Å². The van der Waals surface area contributed by atoms with E-state index < -0.39 is 64.3 Å². The van der Waals surface area contributed by atoms with Gasteiger partial charge >= 0.3 is 5.97 Å². The molecule has 3 saturated heterocycles. The predicted molar refractivity (Wildman–Crippen MR) is 294 cm³/mol. The molecule has 4 fully saturated rings. The summed E-state index contributed by atoms with van der Waals surface area (Å²) in [5.74, 6) is -2.12. The molecule has 2 aromatic carbocycles. The lowest BCUT2D eigenvalue weighted by Crippen LogP contribution is -2.62. The highest BCUT2D eigenvalue weighted by molar-refractivity contribution is 7.83. The number of fused-ring (bicyclic) bond motifs is 6. The lowest BCUT2D eigenvalue weighted by molar-refractivity contribution is -0.155. The van der Waals surface area contributed by atoms with E-state index in [1.54, 1.807) is 11.9 Å². The average Bonchev–Trinajstić information content (AvgIpc) is 4.30. The number of aryl methyl sites for hydroxylation is 2. The largest absolute Gasteiger partial charge is 0.464 e. The van der Waals surface area contributed by atoms with E-state index in [9.17, 15) is 28.2 Å². The first-order valence-corrected chi connectivity index (χ1v) is 29.2. The molecule has 76 heavy (non-hydrogen) atoms. The van der Waals surface area contributed by atoms with Gasteiger partial charge in [-0.25, -0.2) is 18.9 Å². The number of rotatable bonds is 12. The lowest BCUT2D eigenvalue weighted by atomic mass is 9.84. The number of hydrazine groups is 1. The van der Waals surface area contributed by atoms with Crippen molar-refractivity contribution in [2.24, 2.45) is 23.2 Å². The molecule has 6 bridgehead atoms. The van der Waals surface area contributed by atoms with Gasteiger partial charge in [0.1, 0.15) is 35.2 Å². The number of nitrogens with zero attached hydrogens (tertiary/aromatic N) is 7. The van der Waals surface area contributed by atoms with Crippen LogP contribution >= 0.6 is 11.3 Å². The number of thiazole rings is 1. The molecule has 4 amide bonds. The van der Waals surface area contributed by atoms with Crippen LogP contribution < -0.4 is 10.7 Å². The Morgan fingerprint density at radius 3 is 2.49 bits per heavy atom. The highest BCUT2D eigenvalue weighted by Crippen LogP contribution is 2.50. The number of likely N-dealkylation sites (tertiary alicyclic amines) is 1. The fraction of sp³-hybridized carbons (Fsp3) is 0.534. The van der Waals surface area contributed by atoms with Gasteiger partial charge in [0, 0.05) is 78.7 Å². The zero-order valence-electron chi connectivity index (χ0n) is 45.3. The molecule has 5 aliphatic rings. The second-order valence-electron chi connectivity index (χ2n) is 23.2. The number of benzene rings is 2. The summed E-state index contributed by atoms with van der Waals surface area (Å²) in [5.41, 5.74) is 10.8. The monoisotopic (exact) mass is 1070 g/mol. The summed E-state index contributed by atoms with van der Waals surface area (Å²) in [6.45, 7) is 18.2. The Labute approximate surface area is 452 Å². The third-order valence-corrected chi connectivity index (χ3v) is 18.5. The molecule has 1 aliphatic carbocycles. The first kappa shape index (κ1) is 53.6. The Morgan fingerprint density at radius 1 is 1.01 bits per heavy atom. The van der Waals surface area contributed by atoms with Crippen LogP contribution in [0.1, 0.15) is 108 Å². The molecular weight excluding hydrogens is 999 g/mol. The van der Waals surface area contributed by atoms with Gasteiger partial charge in [0.15, 0.2) is 0 Å². The Bertz CT molecular complexity index is 3070. The SMILES string of the molecule is CCn1c(-c2cccnc2C(C)C)c2c3cc(ccc31)-c1csc(n1)C[C@H](NC(=O)[C@H](C(C)C)N(C)C(=O)[C@@H]1CCN(C(=O)[C@H]3[C@@H](C4CC4)N3[S@](=O)c3ccc(C)cc3)C1)C(=O)N1CCC[C@H](N1)C(=O)OCC(C)(C)C2. The van der Waals surface area contributed by atoms with Crippen molar-refractivity contribution in [2.75, 3.05) is 33.3 Å². The van der Waals surface area contributed by atoms with E-state index in [0.29, 0.717) is 54.6 Å². The minimum Gasteiger partial charge on any atom is -0.464 e. The summed E-state index contributed by atoms with van der Waals surface area (Å²) in [6.07, 6.45) is 5.95. The van der Waals surface area contributed by atoms with Gasteiger partial charge in [-0.05, 0) is 112 Å². The maximum atomic E-state index is 14.8. The molecule has 1 saturated carbocycles. The summed E-state index contributed by atoms with van der Waals surface area (Å²) in [4.78, 5) is 86.1. The van der Waals surface area contributed by atoms with Crippen molar-refractivity contribution in [2.45, 2.75) is 148 Å². The summed E-state index contributed by atoms with van der Waals surface area (Å²) in [6, 6.07) is 14.7. The number of likely N-dealkylation sites (N-methyl/N-ethyl adjacent to an activating group) is 1. The molecule has 0 radical (unpaired) electrons. The quantitative estimate of drug-likeness (QED) is 0.0943. The molecule has 404 valence electrons. The molecule has 1 unspecified atom stereocenters. The van der Waals surface area contributed by atoms with Crippen molar-refractivity contribution >= 4 is 62.8 Å². The fourth-order valence-corrected chi connectivity index (χ4v) is 14.3. The van der Waals surface area contributed by atoms with Gasteiger partial charge in [0.2, 0.25) is 17.7 Å². The maximum absolute atomic E-state index is 14.8. The molecule has 2 N–H and O–H groups in total. The van der Waals surface area contributed by atoms with Crippen LogP contribution in [0, 0.1) is 30.1 Å². The van der Waals surface area contributed by atoms with Crippen LogP contribution in [0.15, 0.2) is 71.1 Å². The normalized spacial score (nSPS) is 24.6. The number of ether oxygens (including phenoxy) is 1. The van der Waals surface area contributed by atoms with Crippen LogP contribution in [-0.2, 0) is 59.1 Å². The van der Waals surface area contributed by atoms with Gasteiger partial charge in [-0.2, -0.15) is 0 Å². The molecule has 18 heteroatoms. The van der Waals surface area contributed by atoms with Gasteiger partial charge in [-0.15, -0.1) is 11.3 Å². The molecule has 0 spiro atoms. The first-order chi connectivity index (χ1) is 36.3. The second-order valence-corrected chi connectivity index (χ2v) is 25.5. The van der Waals surface area contributed by atoms with E-state index in [4.69, 9.17) is 14.7 Å². The zero-order chi connectivity index (χ0) is 53.9. The summed E-state index contributed by atoms with van der Waals surface area (Å²) >= 11 is 1.41. The molecule has 7 heterocycles. The highest BCUT2D eigenvalue weighted by atomic mass is 32.2. The van der Waals surface area contributed by atoms with Crippen LogP contribution in [0.2, 0.25) is 0 Å². The maximum Gasteiger partial charge on any atom is 0.324 e. The number of aromatic nitrogens is 3. The van der Waals surface area contributed by atoms with Crippen LogP contribution in [0.4, 0.5) is 0 Å². The van der Waals surface area contributed by atoms with Gasteiger partial charge in [-0.3, -0.25) is 34.0 Å². The van der Waals surface area contributed by atoms with Gasteiger partial charge < -0.3 is 24.4 Å². The van der Waals surface area contributed by atoms with E-state index in [2.05, 4.69) is 74.2 Å². The van der Waals surface area contributed by atoms with Crippen molar-refractivity contribution < 1.29 is 32.9 Å². The van der Waals surface area contributed by atoms with E-state index in [-0.39, 0.29) is 49.3 Å². The minimum atomic E-state index is -1.48. The highest BCUT2D eigenvalue weighted by Gasteiger charge is 2.63. The summed E-state index contributed by atoms with van der Waals surface area (Å²) in [7, 11) is 0.144. The second kappa shape index (κ2) is 21.5. The van der Waals surface area contributed by atoms with Crippen LogP contribution in [0.5, 0.6) is 0 Å². The zero-order valence-corrected chi connectivity index (χ0v) is 47.0. The van der Waals surface area contributed by atoms with Gasteiger partial charge in [0.25, 0.3) is 5.91 Å². The van der Waals surface area contributed by atoms with Crippen molar-refractivity contribution in [1.29, 1.82) is 0 Å². The van der Waals surface area contributed by atoms with Crippen molar-refractivity contribution in [3.63, 3.8) is 0 Å². The molecule has 4 aliphatic heterocycles. The van der Waals surface area contributed by atoms with Crippen molar-refractivity contribution in [3.05, 3.63) is 88.0 Å². The number of cyclic esters (lactones) is 1. The minimum absolute atomic E-state index is 0.0659. The average molecular weight is 1070 g/mol. The third-order valence-electron chi connectivity index (χ3n) is 16.1. The molecule has 16 nitrogen and oxygen atoms in total. The molecule has 10 rings (SSSR count). The third kappa shape index (κ3) is 10.6. The molecular formula is C58H73N9O7S2. The fourth-order valence-electron chi connectivity index (χ4n) is 11.9. The number of amides is 4. The van der Waals surface area contributed by atoms with Gasteiger partial charge in [0.05, 0.1) is 45.6 Å². The number of hydrogen-bond acceptors (Lipinski definition) is 11. The first-order valence-electron chi connectivity index (χ1n) is 27.3. The summed E-state index contributed by atoms with van der Waals surface area (Å²) < 4.78 is 24.1. The number of carbonyl (C=O) groups excluding carboxylic acids is 5. The molecule has 5 aromatic rings. The summed E-state index contributed by atoms with van der Waals surface area (Å²) in [5, 5.41) is 8.20. The van der Waals surface area contributed by atoms with Crippen molar-refractivity contribution in [3.8, 4) is 22.5 Å². The van der Waals surface area contributed by atoms with Crippen LogP contribution in [-0.4, -0.2) is 131 Å². The number of hydrogen-bond donors (Lipinski definition) is 2. The Hall–Kier alpha value is -5.82. The van der Waals surface area contributed by atoms with Gasteiger partial charge in [-0.1, -0.05) is 65.3 Å². The van der Waals surface area contributed by atoms with Crippen LogP contribution in [0.25, 0.3) is 33.4 Å². The topological polar surface area (TPSA) is 179 Å². The predicted octanol–water partition coefficient (Wildman–Crippen LogP) is 7.44. The van der Waals surface area contributed by atoms with E-state index in [1.807, 2.05) is 67.0 Å². The smallest absolute Gasteiger partial charge is 0.324 e. The standard InChI is InChI=1S/C58H73N9O7S2/c1-10-65-46-22-19-37-27-41(46)42(51(65)40-13-11-24-59-48(40)33(2)3)29-58(7,8)32-74-57(72)43-14-12-25-66(62-43)55(70)44(28-47-60-45(37)31-75-47)61-53(68)49(34(4)5)63(9)54(69)38-23-26-64(30-38)56(71)52-50(36-17-18-36)67(52)76(73)39-20-15-35(6)16-21-39/h11,13,15-16,19-22,24,27,31,33-34,36,38,43-44,49-50,52,62H,10,12,14,17-18,23,25-26,28-30,32H2,1-9H3,(H,61,68)/t38-,43+,44+,49+,50-,52-,67?,76-/m1/s1. The number of nitrogens with one attached hydrogen (secondary N) is 2. The van der Waals surface area contributed by atoms with E-state index in [1.165, 1.54) is 21.2 Å². The molecule has 8 atom stereocenters. The molecule has 3 aromatic heterocycles. The van der Waals surface area contributed by atoms with Crippen molar-refractivity contribution in [1.82, 2.24) is 44.4 Å². The van der Waals surface area contributed by atoms with E-state index >= 15 is 0 Å². The number of carbonyl (C=O) groups is 5. The lowest BCUT2D eigenvalue weighted by Gasteiger charge is -2.36. The number of esters is 1.